The number of rotatable bonds is 6. The van der Waals surface area contributed by atoms with Crippen molar-refractivity contribution >= 4 is 11.8 Å². The van der Waals surface area contributed by atoms with E-state index >= 15 is 0 Å². The van der Waals surface area contributed by atoms with E-state index < -0.39 is 36.3 Å². The molecule has 0 aromatic heterocycles. The largest absolute Gasteiger partial charge is 0.492 e. The van der Waals surface area contributed by atoms with E-state index in [1.54, 1.807) is 0 Å². The zero-order chi connectivity index (χ0) is 17.7. The molecule has 1 unspecified atom stereocenters. The van der Waals surface area contributed by atoms with Crippen LogP contribution in [0.2, 0.25) is 0 Å². The fourth-order valence-corrected chi connectivity index (χ4v) is 2.34. The molecule has 132 valence electrons. The third-order valence-corrected chi connectivity index (χ3v) is 3.44. The number of benzene rings is 1. The minimum absolute atomic E-state index is 0.115. The summed E-state index contributed by atoms with van der Waals surface area (Å²) < 4.78 is 54.9. The van der Waals surface area contributed by atoms with Crippen molar-refractivity contribution in [2.45, 2.75) is 12.6 Å². The summed E-state index contributed by atoms with van der Waals surface area (Å²) in [6.45, 7) is -1.35. The molecule has 0 saturated carbocycles. The van der Waals surface area contributed by atoms with Crippen LogP contribution >= 0.6 is 0 Å². The van der Waals surface area contributed by atoms with Crippen LogP contribution in [0.1, 0.15) is 6.42 Å². The number of hydrogen-bond acceptors (Lipinski definition) is 3. The monoisotopic (exact) mass is 348 g/mol. The van der Waals surface area contributed by atoms with E-state index in [0.717, 1.165) is 0 Å². The molecule has 1 aliphatic rings. The van der Waals surface area contributed by atoms with Crippen molar-refractivity contribution in [3.8, 4) is 5.75 Å². The van der Waals surface area contributed by atoms with Crippen LogP contribution in [0, 0.1) is 11.7 Å². The number of ether oxygens (including phenoxy) is 1. The lowest BCUT2D eigenvalue weighted by atomic mass is 10.1. The topological polar surface area (TPSA) is 58.6 Å². The Kier molecular flexibility index (Phi) is 5.63. The molecule has 5 nitrogen and oxygen atoms in total. The molecule has 1 aromatic carbocycles. The summed E-state index contributed by atoms with van der Waals surface area (Å²) in [5.74, 6) is -1.94. The lowest BCUT2D eigenvalue weighted by Gasteiger charge is -2.18. The van der Waals surface area contributed by atoms with Crippen molar-refractivity contribution in [1.82, 2.24) is 10.2 Å². The van der Waals surface area contributed by atoms with E-state index in [-0.39, 0.29) is 26.1 Å². The Morgan fingerprint density at radius 3 is 2.58 bits per heavy atom. The highest BCUT2D eigenvalue weighted by molar-refractivity contribution is 5.89. The lowest BCUT2D eigenvalue weighted by Crippen LogP contribution is -2.38. The average molecular weight is 348 g/mol. The summed E-state index contributed by atoms with van der Waals surface area (Å²) in [4.78, 5) is 24.0. The molecule has 1 fully saturated rings. The van der Waals surface area contributed by atoms with Crippen LogP contribution in [-0.2, 0) is 9.59 Å². The summed E-state index contributed by atoms with van der Waals surface area (Å²) in [7, 11) is 0. The summed E-state index contributed by atoms with van der Waals surface area (Å²) in [5, 5.41) is 2.51. The Labute approximate surface area is 135 Å². The first-order chi connectivity index (χ1) is 11.2. The SMILES string of the molecule is O=C(NCCOc1ccc(F)cc1)C1CC(=O)N(CC(F)(F)F)C1. The van der Waals surface area contributed by atoms with Crippen molar-refractivity contribution in [3.05, 3.63) is 30.1 Å². The van der Waals surface area contributed by atoms with Crippen LogP contribution in [0.15, 0.2) is 24.3 Å². The van der Waals surface area contributed by atoms with Crippen LogP contribution in [0.3, 0.4) is 0 Å². The van der Waals surface area contributed by atoms with Crippen LogP contribution in [0.25, 0.3) is 0 Å². The summed E-state index contributed by atoms with van der Waals surface area (Å²) >= 11 is 0. The molecule has 1 heterocycles. The minimum atomic E-state index is -4.48. The van der Waals surface area contributed by atoms with Gasteiger partial charge in [-0.3, -0.25) is 9.59 Å². The van der Waals surface area contributed by atoms with E-state index in [9.17, 15) is 27.2 Å². The predicted molar refractivity (Wildman–Crippen MR) is 75.6 cm³/mol. The second-order valence-electron chi connectivity index (χ2n) is 5.38. The normalized spacial score (nSPS) is 17.9. The molecule has 0 bridgehead atoms. The third-order valence-electron chi connectivity index (χ3n) is 3.44. The van der Waals surface area contributed by atoms with Gasteiger partial charge in [-0.05, 0) is 24.3 Å². The van der Waals surface area contributed by atoms with Crippen molar-refractivity contribution in [3.63, 3.8) is 0 Å². The van der Waals surface area contributed by atoms with Gasteiger partial charge in [0.2, 0.25) is 11.8 Å². The second kappa shape index (κ2) is 7.50. The Hall–Kier alpha value is -2.32. The summed E-state index contributed by atoms with van der Waals surface area (Å²) in [5.41, 5.74) is 0. The Morgan fingerprint density at radius 2 is 1.96 bits per heavy atom. The maximum absolute atomic E-state index is 12.7. The first kappa shape index (κ1) is 18.0. The Balaban J connectivity index is 1.71. The molecular formula is C15H16F4N2O3. The highest BCUT2D eigenvalue weighted by Gasteiger charge is 2.40. The molecule has 24 heavy (non-hydrogen) atoms. The number of halogens is 4. The zero-order valence-corrected chi connectivity index (χ0v) is 12.6. The van der Waals surface area contributed by atoms with Gasteiger partial charge in [0.15, 0.2) is 0 Å². The van der Waals surface area contributed by atoms with Gasteiger partial charge in [-0.2, -0.15) is 13.2 Å². The fourth-order valence-electron chi connectivity index (χ4n) is 2.34. The maximum Gasteiger partial charge on any atom is 0.406 e. The molecule has 1 aliphatic heterocycles. The first-order valence-corrected chi connectivity index (χ1v) is 7.25. The number of nitrogens with one attached hydrogen (secondary N) is 1. The van der Waals surface area contributed by atoms with Crippen LogP contribution in [0.4, 0.5) is 17.6 Å². The van der Waals surface area contributed by atoms with E-state index in [1.165, 1.54) is 24.3 Å². The molecule has 2 rings (SSSR count). The van der Waals surface area contributed by atoms with Crippen molar-refractivity contribution in [1.29, 1.82) is 0 Å². The number of nitrogens with zero attached hydrogens (tertiary/aromatic N) is 1. The van der Waals surface area contributed by atoms with Gasteiger partial charge >= 0.3 is 6.18 Å². The Bertz CT molecular complexity index is 589. The molecule has 1 N–H and O–H groups in total. The molecule has 0 radical (unpaired) electrons. The van der Waals surface area contributed by atoms with E-state index in [0.29, 0.717) is 10.6 Å². The number of carbonyl (C=O) groups is 2. The second-order valence-corrected chi connectivity index (χ2v) is 5.38. The van der Waals surface area contributed by atoms with Crippen molar-refractivity contribution < 1.29 is 31.9 Å². The first-order valence-electron chi connectivity index (χ1n) is 7.25. The van der Waals surface area contributed by atoms with E-state index in [4.69, 9.17) is 4.74 Å². The van der Waals surface area contributed by atoms with Gasteiger partial charge in [0.25, 0.3) is 0 Å². The van der Waals surface area contributed by atoms with Gasteiger partial charge in [-0.1, -0.05) is 0 Å². The predicted octanol–water partition coefficient (Wildman–Crippen LogP) is 1.73. The van der Waals surface area contributed by atoms with Crippen molar-refractivity contribution in [2.75, 3.05) is 26.2 Å². The number of alkyl halides is 3. The fraction of sp³-hybridized carbons (Fsp3) is 0.467. The lowest BCUT2D eigenvalue weighted by molar-refractivity contribution is -0.157. The molecule has 1 saturated heterocycles. The average Bonchev–Trinajstić information content (AvgIpc) is 2.84. The van der Waals surface area contributed by atoms with E-state index in [2.05, 4.69) is 5.32 Å². The number of carbonyl (C=O) groups excluding carboxylic acids is 2. The van der Waals surface area contributed by atoms with Gasteiger partial charge in [0.1, 0.15) is 24.7 Å². The highest BCUT2D eigenvalue weighted by Crippen LogP contribution is 2.23. The number of likely N-dealkylation sites (tertiary alicyclic amines) is 1. The molecule has 1 aromatic rings. The molecule has 9 heteroatoms. The smallest absolute Gasteiger partial charge is 0.406 e. The van der Waals surface area contributed by atoms with Gasteiger partial charge in [0, 0.05) is 13.0 Å². The highest BCUT2D eigenvalue weighted by atomic mass is 19.4. The third kappa shape index (κ3) is 5.39. The van der Waals surface area contributed by atoms with Crippen molar-refractivity contribution in [2.24, 2.45) is 5.92 Å². The van der Waals surface area contributed by atoms with Gasteiger partial charge < -0.3 is 15.0 Å². The van der Waals surface area contributed by atoms with Crippen LogP contribution < -0.4 is 10.1 Å². The quantitative estimate of drug-likeness (QED) is 0.629. The number of hydrogen-bond donors (Lipinski definition) is 1. The minimum Gasteiger partial charge on any atom is -0.492 e. The zero-order valence-electron chi connectivity index (χ0n) is 12.6. The van der Waals surface area contributed by atoms with E-state index in [1.807, 2.05) is 0 Å². The molecule has 0 aliphatic carbocycles. The number of amides is 2. The Morgan fingerprint density at radius 1 is 1.29 bits per heavy atom. The van der Waals surface area contributed by atoms with Crippen LogP contribution in [0.5, 0.6) is 5.75 Å². The van der Waals surface area contributed by atoms with Crippen LogP contribution in [-0.4, -0.2) is 49.1 Å². The summed E-state index contributed by atoms with van der Waals surface area (Å²) in [6.07, 6.45) is -4.72. The molecule has 0 spiro atoms. The molecule has 2 amide bonds. The summed E-state index contributed by atoms with van der Waals surface area (Å²) in [6, 6.07) is 5.32. The maximum atomic E-state index is 12.7. The van der Waals surface area contributed by atoms with Gasteiger partial charge in [0.05, 0.1) is 12.5 Å². The molecule has 1 atom stereocenters. The van der Waals surface area contributed by atoms with Gasteiger partial charge in [-0.25, -0.2) is 4.39 Å². The van der Waals surface area contributed by atoms with Gasteiger partial charge in [-0.15, -0.1) is 0 Å². The standard InChI is InChI=1S/C15H16F4N2O3/c16-11-1-3-12(4-2-11)24-6-5-20-14(23)10-7-13(22)21(8-10)9-15(17,18)19/h1-4,10H,5-9H2,(H,20,23). The molecular weight excluding hydrogens is 332 g/mol.